The van der Waals surface area contributed by atoms with Crippen LogP contribution in [0.3, 0.4) is 0 Å². The van der Waals surface area contributed by atoms with E-state index < -0.39 is 15.4 Å². The molecular weight excluding hydrogens is 362 g/mol. The minimum Gasteiger partial charge on any atom is -0.361 e. The Labute approximate surface area is 160 Å². The van der Waals surface area contributed by atoms with E-state index in [0.717, 1.165) is 25.9 Å². The van der Waals surface area contributed by atoms with Gasteiger partial charge in [0, 0.05) is 17.1 Å². The fourth-order valence-corrected chi connectivity index (χ4v) is 6.62. The Balaban J connectivity index is 1.31. The monoisotopic (exact) mass is 389 g/mol. The van der Waals surface area contributed by atoms with Gasteiger partial charge in [0.15, 0.2) is 9.84 Å². The highest BCUT2D eigenvalue weighted by Crippen LogP contribution is 2.33. The molecule has 6 nitrogen and oxygen atoms in total. The molecule has 3 heterocycles. The molecule has 2 saturated heterocycles. The zero-order chi connectivity index (χ0) is 19.1. The summed E-state index contributed by atoms with van der Waals surface area (Å²) in [6.45, 7) is 3.94. The SMILES string of the molecule is CC1(NC(=O)CN2CCC(c3c[nH]c4ccccc34)CC2)CCS(=O)(=O)C1. The van der Waals surface area contributed by atoms with Crippen LogP contribution in [0.15, 0.2) is 30.5 Å². The van der Waals surface area contributed by atoms with Crippen LogP contribution >= 0.6 is 0 Å². The van der Waals surface area contributed by atoms with Gasteiger partial charge in [-0.2, -0.15) is 0 Å². The van der Waals surface area contributed by atoms with Gasteiger partial charge < -0.3 is 10.3 Å². The van der Waals surface area contributed by atoms with E-state index in [1.807, 2.05) is 13.0 Å². The van der Waals surface area contributed by atoms with Crippen molar-refractivity contribution in [3.63, 3.8) is 0 Å². The van der Waals surface area contributed by atoms with Gasteiger partial charge in [0.1, 0.15) is 0 Å². The number of hydrogen-bond acceptors (Lipinski definition) is 4. The predicted molar refractivity (Wildman–Crippen MR) is 107 cm³/mol. The second-order valence-corrected chi connectivity index (χ2v) is 10.5. The number of hydrogen-bond donors (Lipinski definition) is 2. The first-order chi connectivity index (χ1) is 12.8. The third-order valence-electron chi connectivity index (χ3n) is 5.96. The van der Waals surface area contributed by atoms with Crippen LogP contribution in [0.4, 0.5) is 0 Å². The molecule has 1 aromatic carbocycles. The minimum absolute atomic E-state index is 0.0500. The van der Waals surface area contributed by atoms with Crippen molar-refractivity contribution in [1.29, 1.82) is 0 Å². The van der Waals surface area contributed by atoms with Crippen LogP contribution in [0.25, 0.3) is 10.9 Å². The number of amides is 1. The number of nitrogens with one attached hydrogen (secondary N) is 2. The van der Waals surface area contributed by atoms with E-state index >= 15 is 0 Å². The van der Waals surface area contributed by atoms with E-state index in [0.29, 0.717) is 18.9 Å². The highest BCUT2D eigenvalue weighted by atomic mass is 32.2. The van der Waals surface area contributed by atoms with E-state index in [-0.39, 0.29) is 17.4 Å². The summed E-state index contributed by atoms with van der Waals surface area (Å²) in [4.78, 5) is 17.9. The highest BCUT2D eigenvalue weighted by Gasteiger charge is 2.39. The Bertz CT molecular complexity index is 944. The average molecular weight is 390 g/mol. The van der Waals surface area contributed by atoms with Crippen molar-refractivity contribution in [1.82, 2.24) is 15.2 Å². The first kappa shape index (κ1) is 18.5. The van der Waals surface area contributed by atoms with Gasteiger partial charge in [-0.15, -0.1) is 0 Å². The number of carbonyl (C=O) groups is 1. The summed E-state index contributed by atoms with van der Waals surface area (Å²) in [5.41, 5.74) is 1.94. The van der Waals surface area contributed by atoms with Crippen LogP contribution < -0.4 is 5.32 Å². The summed E-state index contributed by atoms with van der Waals surface area (Å²) in [5.74, 6) is 0.659. The maximum atomic E-state index is 12.4. The van der Waals surface area contributed by atoms with Crippen molar-refractivity contribution in [2.24, 2.45) is 0 Å². The molecular formula is C20H27N3O3S. The Hall–Kier alpha value is -1.86. The number of aromatic nitrogens is 1. The van der Waals surface area contributed by atoms with Gasteiger partial charge in [-0.05, 0) is 56.8 Å². The molecule has 2 aliphatic rings. The van der Waals surface area contributed by atoms with Gasteiger partial charge in [-0.3, -0.25) is 9.69 Å². The number of fused-ring (bicyclic) bond motifs is 1. The normalized spacial score (nSPS) is 26.4. The summed E-state index contributed by atoms with van der Waals surface area (Å²) in [6, 6.07) is 8.38. The number of nitrogens with zero attached hydrogens (tertiary/aromatic N) is 1. The zero-order valence-electron chi connectivity index (χ0n) is 15.7. The van der Waals surface area contributed by atoms with Crippen molar-refractivity contribution in [3.05, 3.63) is 36.0 Å². The van der Waals surface area contributed by atoms with Gasteiger partial charge in [-0.1, -0.05) is 18.2 Å². The molecule has 1 unspecified atom stereocenters. The van der Waals surface area contributed by atoms with Crippen molar-refractivity contribution >= 4 is 26.6 Å². The van der Waals surface area contributed by atoms with Crippen molar-refractivity contribution in [2.45, 2.75) is 37.6 Å². The zero-order valence-corrected chi connectivity index (χ0v) is 16.5. The second kappa shape index (κ2) is 6.95. The summed E-state index contributed by atoms with van der Waals surface area (Å²) < 4.78 is 23.4. The molecule has 1 amide bonds. The standard InChI is InChI=1S/C20H27N3O3S/c1-20(8-11-27(25,26)14-20)22-19(24)13-23-9-6-15(7-10-23)17-12-21-18-5-3-2-4-16(17)18/h2-5,12,15,21H,6-11,13-14H2,1H3,(H,22,24). The maximum Gasteiger partial charge on any atom is 0.234 e. The highest BCUT2D eigenvalue weighted by molar-refractivity contribution is 7.91. The van der Waals surface area contributed by atoms with E-state index in [2.05, 4.69) is 39.6 Å². The molecule has 2 fully saturated rings. The molecule has 2 aliphatic heterocycles. The fraction of sp³-hybridized carbons (Fsp3) is 0.550. The van der Waals surface area contributed by atoms with Gasteiger partial charge in [0.25, 0.3) is 0 Å². The topological polar surface area (TPSA) is 82.3 Å². The third-order valence-corrected chi connectivity index (χ3v) is 7.86. The minimum atomic E-state index is -3.01. The Morgan fingerprint density at radius 3 is 2.74 bits per heavy atom. The van der Waals surface area contributed by atoms with Gasteiger partial charge in [0.2, 0.25) is 5.91 Å². The van der Waals surface area contributed by atoms with Gasteiger partial charge in [-0.25, -0.2) is 8.42 Å². The number of para-hydroxylation sites is 1. The average Bonchev–Trinajstić information content (AvgIpc) is 3.16. The molecule has 7 heteroatoms. The number of likely N-dealkylation sites (tertiary alicyclic amines) is 1. The molecule has 0 bridgehead atoms. The molecule has 0 aliphatic carbocycles. The molecule has 4 rings (SSSR count). The van der Waals surface area contributed by atoms with Crippen LogP contribution in [0.5, 0.6) is 0 Å². The lowest BCUT2D eigenvalue weighted by Gasteiger charge is -2.32. The number of benzene rings is 1. The quantitative estimate of drug-likeness (QED) is 0.838. The summed E-state index contributed by atoms with van der Waals surface area (Å²) in [6.07, 6.45) is 4.68. The van der Waals surface area contributed by atoms with Gasteiger partial charge in [0.05, 0.1) is 23.6 Å². The summed E-state index contributed by atoms with van der Waals surface area (Å²) in [5, 5.41) is 4.25. The molecule has 2 N–H and O–H groups in total. The number of rotatable bonds is 4. The second-order valence-electron chi connectivity index (χ2n) is 8.29. The number of piperidine rings is 1. The van der Waals surface area contributed by atoms with Crippen LogP contribution in [0.2, 0.25) is 0 Å². The fourth-order valence-electron chi connectivity index (χ4n) is 4.52. The lowest BCUT2D eigenvalue weighted by molar-refractivity contribution is -0.124. The van der Waals surface area contributed by atoms with Crippen molar-refractivity contribution < 1.29 is 13.2 Å². The molecule has 0 spiro atoms. The molecule has 0 radical (unpaired) electrons. The van der Waals surface area contributed by atoms with E-state index in [1.165, 1.54) is 16.5 Å². The molecule has 0 saturated carbocycles. The summed E-state index contributed by atoms with van der Waals surface area (Å²) in [7, 11) is -3.01. The van der Waals surface area contributed by atoms with Crippen LogP contribution in [-0.2, 0) is 14.6 Å². The Morgan fingerprint density at radius 1 is 1.30 bits per heavy atom. The van der Waals surface area contributed by atoms with Crippen molar-refractivity contribution in [2.75, 3.05) is 31.1 Å². The lowest BCUT2D eigenvalue weighted by Crippen LogP contribution is -2.51. The summed E-state index contributed by atoms with van der Waals surface area (Å²) >= 11 is 0. The van der Waals surface area contributed by atoms with Crippen LogP contribution in [0, 0.1) is 0 Å². The number of H-pyrrole nitrogens is 1. The molecule has 1 atom stereocenters. The number of aromatic amines is 1. The molecule has 1 aromatic heterocycles. The van der Waals surface area contributed by atoms with E-state index in [9.17, 15) is 13.2 Å². The molecule has 2 aromatic rings. The van der Waals surface area contributed by atoms with E-state index in [1.54, 1.807) is 0 Å². The number of carbonyl (C=O) groups excluding carboxylic acids is 1. The van der Waals surface area contributed by atoms with E-state index in [4.69, 9.17) is 0 Å². The third kappa shape index (κ3) is 4.04. The maximum absolute atomic E-state index is 12.4. The van der Waals surface area contributed by atoms with Crippen LogP contribution in [0.1, 0.15) is 37.7 Å². The molecule has 27 heavy (non-hydrogen) atoms. The van der Waals surface area contributed by atoms with Crippen molar-refractivity contribution in [3.8, 4) is 0 Å². The smallest absolute Gasteiger partial charge is 0.234 e. The molecule has 146 valence electrons. The number of sulfone groups is 1. The largest absolute Gasteiger partial charge is 0.361 e. The van der Waals surface area contributed by atoms with Crippen LogP contribution in [-0.4, -0.2) is 60.9 Å². The predicted octanol–water partition coefficient (Wildman–Crippen LogP) is 2.04. The Kier molecular flexibility index (Phi) is 4.76. The first-order valence-corrected chi connectivity index (χ1v) is 11.5. The Morgan fingerprint density at radius 2 is 2.04 bits per heavy atom. The van der Waals surface area contributed by atoms with Gasteiger partial charge >= 0.3 is 0 Å². The lowest BCUT2D eigenvalue weighted by atomic mass is 9.89. The first-order valence-electron chi connectivity index (χ1n) is 9.63.